The Kier molecular flexibility index (Phi) is 5.01. The number of amides is 1. The predicted octanol–water partition coefficient (Wildman–Crippen LogP) is 4.30. The van der Waals surface area contributed by atoms with Gasteiger partial charge in [0.25, 0.3) is 5.91 Å². The second kappa shape index (κ2) is 7.21. The molecule has 0 aliphatic carbocycles. The minimum atomic E-state index is -0.165. The fraction of sp³-hybridized carbons (Fsp3) is 0.105. The molecule has 25 heavy (non-hydrogen) atoms. The average molecular weight is 369 g/mol. The number of benzene rings is 2. The van der Waals surface area contributed by atoms with Gasteiger partial charge < -0.3 is 4.74 Å². The molecule has 1 saturated heterocycles. The first kappa shape index (κ1) is 17.4. The number of Topliss-reactive ketones (excluding diaryl/α,β-unsaturated/α-hetero) is 1. The van der Waals surface area contributed by atoms with E-state index in [-0.39, 0.29) is 11.7 Å². The fourth-order valence-corrected chi connectivity index (χ4v) is 3.69. The van der Waals surface area contributed by atoms with Crippen molar-refractivity contribution < 1.29 is 14.3 Å². The van der Waals surface area contributed by atoms with E-state index in [4.69, 9.17) is 17.0 Å². The highest BCUT2D eigenvalue weighted by Gasteiger charge is 2.33. The maximum absolute atomic E-state index is 12.7. The lowest BCUT2D eigenvalue weighted by molar-refractivity contribution is -0.113. The van der Waals surface area contributed by atoms with Crippen LogP contribution in [0.25, 0.3) is 6.08 Å². The molecule has 0 aromatic heterocycles. The van der Waals surface area contributed by atoms with Crippen molar-refractivity contribution >= 4 is 51.8 Å². The van der Waals surface area contributed by atoms with Crippen molar-refractivity contribution in [3.63, 3.8) is 0 Å². The molecule has 2 aromatic carbocycles. The molecule has 1 fully saturated rings. The molecule has 0 spiro atoms. The fourth-order valence-electron chi connectivity index (χ4n) is 2.39. The average Bonchev–Trinajstić information content (AvgIpc) is 2.89. The number of carbonyl (C=O) groups is 2. The lowest BCUT2D eigenvalue weighted by atomic mass is 10.1. The Morgan fingerprint density at radius 1 is 1.12 bits per heavy atom. The molecule has 1 heterocycles. The van der Waals surface area contributed by atoms with Crippen molar-refractivity contribution in [1.82, 2.24) is 0 Å². The second-order valence-corrected chi connectivity index (χ2v) is 7.07. The number of ether oxygens (including phenoxy) is 1. The summed E-state index contributed by atoms with van der Waals surface area (Å²) in [6.45, 7) is 1.51. The van der Waals surface area contributed by atoms with Gasteiger partial charge in [0.05, 0.1) is 17.7 Å². The van der Waals surface area contributed by atoms with Gasteiger partial charge in [0.15, 0.2) is 10.1 Å². The summed E-state index contributed by atoms with van der Waals surface area (Å²) in [6, 6.07) is 14.3. The summed E-state index contributed by atoms with van der Waals surface area (Å²) in [5.74, 6) is 0.577. The van der Waals surface area contributed by atoms with Crippen LogP contribution in [-0.2, 0) is 4.79 Å². The molecule has 1 amide bonds. The van der Waals surface area contributed by atoms with E-state index >= 15 is 0 Å². The number of hydrogen-bond donors (Lipinski definition) is 0. The molecule has 3 rings (SSSR count). The number of anilines is 1. The lowest BCUT2D eigenvalue weighted by Crippen LogP contribution is -2.27. The molecule has 1 aliphatic heterocycles. The number of ketones is 1. The van der Waals surface area contributed by atoms with E-state index in [9.17, 15) is 9.59 Å². The molecule has 0 bridgehead atoms. The Hall–Kier alpha value is -2.44. The van der Waals surface area contributed by atoms with Crippen LogP contribution in [0.2, 0.25) is 0 Å². The summed E-state index contributed by atoms with van der Waals surface area (Å²) in [6.07, 6.45) is 1.81. The largest absolute Gasteiger partial charge is 0.497 e. The zero-order chi connectivity index (χ0) is 18.0. The molecule has 4 nitrogen and oxygen atoms in total. The van der Waals surface area contributed by atoms with Gasteiger partial charge in [-0.2, -0.15) is 0 Å². The molecule has 2 aromatic rings. The molecule has 6 heteroatoms. The van der Waals surface area contributed by atoms with Crippen LogP contribution >= 0.6 is 24.0 Å². The molecular weight excluding hydrogens is 354 g/mol. The Bertz CT molecular complexity index is 871. The smallest absolute Gasteiger partial charge is 0.270 e. The minimum absolute atomic E-state index is 0.0173. The van der Waals surface area contributed by atoms with Crippen LogP contribution in [0.5, 0.6) is 5.75 Å². The topological polar surface area (TPSA) is 46.6 Å². The Morgan fingerprint density at radius 3 is 2.32 bits per heavy atom. The first-order chi connectivity index (χ1) is 12.0. The zero-order valence-electron chi connectivity index (χ0n) is 13.7. The third-order valence-corrected chi connectivity index (χ3v) is 5.04. The second-order valence-electron chi connectivity index (χ2n) is 5.39. The number of methoxy groups -OCH3 is 1. The third-order valence-electron chi connectivity index (χ3n) is 3.74. The third kappa shape index (κ3) is 3.65. The molecule has 0 radical (unpaired) electrons. The van der Waals surface area contributed by atoms with Crippen LogP contribution < -0.4 is 9.64 Å². The van der Waals surface area contributed by atoms with Crippen molar-refractivity contribution in [2.45, 2.75) is 6.92 Å². The summed E-state index contributed by atoms with van der Waals surface area (Å²) in [5, 5.41) is 0. The van der Waals surface area contributed by atoms with E-state index in [1.165, 1.54) is 23.6 Å². The van der Waals surface area contributed by atoms with Crippen LogP contribution in [0.1, 0.15) is 22.8 Å². The van der Waals surface area contributed by atoms with Gasteiger partial charge in [-0.15, -0.1) is 0 Å². The first-order valence-corrected chi connectivity index (χ1v) is 8.75. The van der Waals surface area contributed by atoms with Crippen molar-refractivity contribution in [1.29, 1.82) is 0 Å². The van der Waals surface area contributed by atoms with Gasteiger partial charge in [0.1, 0.15) is 5.75 Å². The Balaban J connectivity index is 1.86. The van der Waals surface area contributed by atoms with Gasteiger partial charge in [-0.25, -0.2) is 0 Å². The van der Waals surface area contributed by atoms with E-state index in [2.05, 4.69) is 0 Å². The summed E-state index contributed by atoms with van der Waals surface area (Å²) in [7, 11) is 1.61. The van der Waals surface area contributed by atoms with Crippen molar-refractivity contribution in [3.05, 3.63) is 64.6 Å². The van der Waals surface area contributed by atoms with Crippen molar-refractivity contribution in [2.24, 2.45) is 0 Å². The summed E-state index contributed by atoms with van der Waals surface area (Å²) in [5.41, 5.74) is 2.15. The van der Waals surface area contributed by atoms with Gasteiger partial charge in [0, 0.05) is 5.56 Å². The summed E-state index contributed by atoms with van der Waals surface area (Å²) < 4.78 is 5.61. The van der Waals surface area contributed by atoms with Gasteiger partial charge in [-0.1, -0.05) is 36.1 Å². The number of hydrogen-bond acceptors (Lipinski definition) is 5. The zero-order valence-corrected chi connectivity index (χ0v) is 15.3. The maximum Gasteiger partial charge on any atom is 0.270 e. The number of carbonyl (C=O) groups excluding carboxylic acids is 2. The quantitative estimate of drug-likeness (QED) is 0.457. The van der Waals surface area contributed by atoms with E-state index in [0.717, 1.165) is 11.3 Å². The van der Waals surface area contributed by atoms with Crippen LogP contribution in [-0.4, -0.2) is 23.1 Å². The first-order valence-electron chi connectivity index (χ1n) is 7.52. The van der Waals surface area contributed by atoms with Gasteiger partial charge >= 0.3 is 0 Å². The summed E-state index contributed by atoms with van der Waals surface area (Å²) >= 11 is 6.62. The van der Waals surface area contributed by atoms with E-state index in [1.807, 2.05) is 30.3 Å². The van der Waals surface area contributed by atoms with E-state index < -0.39 is 0 Å². The number of nitrogens with zero attached hydrogens (tertiary/aromatic N) is 1. The molecule has 126 valence electrons. The Morgan fingerprint density at radius 2 is 1.76 bits per heavy atom. The molecule has 0 N–H and O–H groups in total. The molecule has 0 saturated carbocycles. The number of thioether (sulfide) groups is 1. The van der Waals surface area contributed by atoms with Crippen molar-refractivity contribution in [2.75, 3.05) is 12.0 Å². The standard InChI is InChI=1S/C19H15NO3S2/c1-12(21)14-5-7-15(8-6-14)20-18(22)17(25-19(20)24)11-13-3-9-16(23-2)10-4-13/h3-11H,1-2H3/b17-11-. The molecule has 0 unspecified atom stereocenters. The van der Waals surface area contributed by atoms with Crippen LogP contribution in [0.3, 0.4) is 0 Å². The molecule has 1 aliphatic rings. The number of thiocarbonyl (C=S) groups is 1. The van der Waals surface area contributed by atoms with Gasteiger partial charge in [-0.05, 0) is 55.0 Å². The van der Waals surface area contributed by atoms with Crippen LogP contribution in [0, 0.1) is 0 Å². The Labute approximate surface area is 155 Å². The minimum Gasteiger partial charge on any atom is -0.497 e. The highest BCUT2D eigenvalue weighted by Crippen LogP contribution is 2.36. The van der Waals surface area contributed by atoms with Crippen LogP contribution in [0.4, 0.5) is 5.69 Å². The van der Waals surface area contributed by atoms with Gasteiger partial charge in [-0.3, -0.25) is 14.5 Å². The van der Waals surface area contributed by atoms with E-state index in [1.54, 1.807) is 31.4 Å². The highest BCUT2D eigenvalue weighted by molar-refractivity contribution is 8.27. The van der Waals surface area contributed by atoms with Crippen molar-refractivity contribution in [3.8, 4) is 5.75 Å². The molecular formula is C19H15NO3S2. The lowest BCUT2D eigenvalue weighted by Gasteiger charge is -2.14. The normalized spacial score (nSPS) is 15.8. The monoisotopic (exact) mass is 369 g/mol. The highest BCUT2D eigenvalue weighted by atomic mass is 32.2. The maximum atomic E-state index is 12.7. The summed E-state index contributed by atoms with van der Waals surface area (Å²) in [4.78, 5) is 26.1. The van der Waals surface area contributed by atoms with Gasteiger partial charge in [0.2, 0.25) is 0 Å². The SMILES string of the molecule is COc1ccc(/C=C2\SC(=S)N(c3ccc(C(C)=O)cc3)C2=O)cc1. The molecule has 0 atom stereocenters. The number of rotatable bonds is 4. The predicted molar refractivity (Wildman–Crippen MR) is 105 cm³/mol. The van der Waals surface area contributed by atoms with E-state index in [0.29, 0.717) is 20.5 Å². The van der Waals surface area contributed by atoms with Crippen LogP contribution in [0.15, 0.2) is 53.4 Å².